The summed E-state index contributed by atoms with van der Waals surface area (Å²) in [6.07, 6.45) is 4.28. The quantitative estimate of drug-likeness (QED) is 0.633. The fourth-order valence-corrected chi connectivity index (χ4v) is 1.08. The standard InChI is InChI=1S/C9H8N4O3/c10-9-12-7(14)6(8(15)13-9)11-3-5-1-2-16-4-5/h1-4H,(H4,10,12,13,14,15). The molecule has 2 aromatic rings. The van der Waals surface area contributed by atoms with Crippen molar-refractivity contribution in [1.29, 1.82) is 0 Å². The topological polar surface area (TPSA) is 118 Å². The number of aliphatic imine (C=N–C) groups is 1. The molecular weight excluding hydrogens is 212 g/mol. The van der Waals surface area contributed by atoms with Gasteiger partial charge < -0.3 is 15.3 Å². The zero-order chi connectivity index (χ0) is 11.5. The van der Waals surface area contributed by atoms with Crippen molar-refractivity contribution >= 4 is 17.9 Å². The van der Waals surface area contributed by atoms with E-state index >= 15 is 0 Å². The molecule has 16 heavy (non-hydrogen) atoms. The number of nitrogens with zero attached hydrogens (tertiary/aromatic N) is 2. The highest BCUT2D eigenvalue weighted by atomic mass is 16.3. The zero-order valence-corrected chi connectivity index (χ0v) is 8.04. The molecule has 0 aliphatic heterocycles. The molecule has 0 aliphatic rings. The van der Waals surface area contributed by atoms with E-state index in [4.69, 9.17) is 10.2 Å². The summed E-state index contributed by atoms with van der Waals surface area (Å²) >= 11 is 0. The van der Waals surface area contributed by atoms with Gasteiger partial charge in [-0.2, -0.15) is 4.98 Å². The number of nitrogens with two attached hydrogens (primary N) is 1. The van der Waals surface area contributed by atoms with Crippen LogP contribution in [0.3, 0.4) is 0 Å². The molecule has 2 aromatic heterocycles. The van der Waals surface area contributed by atoms with Gasteiger partial charge in [0.1, 0.15) is 0 Å². The number of aromatic amines is 1. The van der Waals surface area contributed by atoms with Gasteiger partial charge in [0, 0.05) is 11.8 Å². The number of furan rings is 1. The van der Waals surface area contributed by atoms with Crippen LogP contribution >= 0.6 is 0 Å². The molecule has 7 nitrogen and oxygen atoms in total. The summed E-state index contributed by atoms with van der Waals surface area (Å²) in [6, 6.07) is 1.65. The van der Waals surface area contributed by atoms with Crippen molar-refractivity contribution in [2.45, 2.75) is 0 Å². The van der Waals surface area contributed by atoms with Crippen LogP contribution in [0.1, 0.15) is 5.56 Å². The molecule has 0 spiro atoms. The molecule has 82 valence electrons. The number of rotatable bonds is 2. The lowest BCUT2D eigenvalue weighted by Gasteiger charge is -1.97. The van der Waals surface area contributed by atoms with E-state index in [1.807, 2.05) is 0 Å². The van der Waals surface area contributed by atoms with Crippen LogP contribution in [0.5, 0.6) is 5.88 Å². The van der Waals surface area contributed by atoms with E-state index in [9.17, 15) is 9.90 Å². The van der Waals surface area contributed by atoms with E-state index in [2.05, 4.69) is 15.0 Å². The molecule has 0 atom stereocenters. The predicted molar refractivity (Wildman–Crippen MR) is 56.9 cm³/mol. The normalized spacial score (nSPS) is 11.0. The number of anilines is 1. The van der Waals surface area contributed by atoms with Crippen molar-refractivity contribution in [1.82, 2.24) is 9.97 Å². The van der Waals surface area contributed by atoms with Gasteiger partial charge in [-0.3, -0.25) is 9.78 Å². The Morgan fingerprint density at radius 2 is 2.44 bits per heavy atom. The van der Waals surface area contributed by atoms with Gasteiger partial charge in [-0.1, -0.05) is 0 Å². The fourth-order valence-electron chi connectivity index (χ4n) is 1.08. The van der Waals surface area contributed by atoms with E-state index in [-0.39, 0.29) is 11.6 Å². The van der Waals surface area contributed by atoms with Crippen molar-refractivity contribution in [3.8, 4) is 5.88 Å². The third kappa shape index (κ3) is 1.92. The van der Waals surface area contributed by atoms with Gasteiger partial charge in [0.15, 0.2) is 5.69 Å². The first kappa shape index (κ1) is 9.97. The maximum absolute atomic E-state index is 11.3. The molecule has 0 saturated carbocycles. The third-order valence-electron chi connectivity index (χ3n) is 1.78. The molecule has 0 saturated heterocycles. The highest BCUT2D eigenvalue weighted by Gasteiger charge is 2.07. The van der Waals surface area contributed by atoms with Crippen molar-refractivity contribution in [3.05, 3.63) is 34.5 Å². The van der Waals surface area contributed by atoms with E-state index < -0.39 is 11.4 Å². The smallest absolute Gasteiger partial charge is 0.282 e. The second-order valence-corrected chi connectivity index (χ2v) is 2.94. The summed E-state index contributed by atoms with van der Waals surface area (Å²) in [4.78, 5) is 20.8. The Kier molecular flexibility index (Phi) is 2.42. The van der Waals surface area contributed by atoms with Gasteiger partial charge in [-0.25, -0.2) is 4.99 Å². The number of aromatic hydroxyl groups is 1. The van der Waals surface area contributed by atoms with E-state index in [1.165, 1.54) is 18.7 Å². The largest absolute Gasteiger partial charge is 0.492 e. The Bertz CT molecular complexity index is 571. The molecule has 0 bridgehead atoms. The van der Waals surface area contributed by atoms with E-state index in [0.29, 0.717) is 5.56 Å². The third-order valence-corrected chi connectivity index (χ3v) is 1.78. The first-order valence-electron chi connectivity index (χ1n) is 4.32. The summed E-state index contributed by atoms with van der Waals surface area (Å²) in [7, 11) is 0. The monoisotopic (exact) mass is 220 g/mol. The molecular formula is C9H8N4O3. The second-order valence-electron chi connectivity index (χ2n) is 2.94. The van der Waals surface area contributed by atoms with Crippen LogP contribution in [0, 0.1) is 0 Å². The Morgan fingerprint density at radius 3 is 3.06 bits per heavy atom. The van der Waals surface area contributed by atoms with E-state index in [1.54, 1.807) is 6.07 Å². The summed E-state index contributed by atoms with van der Waals surface area (Å²) in [5.41, 5.74) is 5.08. The lowest BCUT2D eigenvalue weighted by Crippen LogP contribution is -2.10. The zero-order valence-electron chi connectivity index (χ0n) is 8.04. The Hall–Kier alpha value is -2.57. The van der Waals surface area contributed by atoms with Crippen LogP contribution in [0.25, 0.3) is 0 Å². The summed E-state index contributed by atoms with van der Waals surface area (Å²) in [5, 5.41) is 9.35. The van der Waals surface area contributed by atoms with Crippen LogP contribution in [-0.4, -0.2) is 21.3 Å². The number of H-pyrrole nitrogens is 1. The molecule has 0 aliphatic carbocycles. The Labute approximate surface area is 89.3 Å². The summed E-state index contributed by atoms with van der Waals surface area (Å²) in [5.74, 6) is -0.675. The van der Waals surface area contributed by atoms with Crippen LogP contribution in [0.2, 0.25) is 0 Å². The first-order chi connectivity index (χ1) is 7.66. The maximum atomic E-state index is 11.3. The average Bonchev–Trinajstić information content (AvgIpc) is 2.68. The number of aromatic nitrogens is 2. The van der Waals surface area contributed by atoms with Crippen LogP contribution in [-0.2, 0) is 0 Å². The second kappa shape index (κ2) is 3.89. The number of nitrogen functional groups attached to an aromatic ring is 1. The molecule has 0 unspecified atom stereocenters. The van der Waals surface area contributed by atoms with Crippen molar-refractivity contribution in [2.24, 2.45) is 4.99 Å². The minimum atomic E-state index is -0.607. The van der Waals surface area contributed by atoms with Crippen molar-refractivity contribution < 1.29 is 9.52 Å². The molecule has 2 rings (SSSR count). The summed E-state index contributed by atoms with van der Waals surface area (Å²) < 4.78 is 4.81. The van der Waals surface area contributed by atoms with Crippen LogP contribution < -0.4 is 11.3 Å². The van der Waals surface area contributed by atoms with Gasteiger partial charge in [0.05, 0.1) is 12.5 Å². The first-order valence-corrected chi connectivity index (χ1v) is 4.32. The minimum Gasteiger partial charge on any atom is -0.492 e. The van der Waals surface area contributed by atoms with Gasteiger partial charge in [0.2, 0.25) is 11.8 Å². The van der Waals surface area contributed by atoms with Gasteiger partial charge in [-0.05, 0) is 6.07 Å². The van der Waals surface area contributed by atoms with Crippen molar-refractivity contribution in [3.63, 3.8) is 0 Å². The molecule has 4 N–H and O–H groups in total. The average molecular weight is 220 g/mol. The molecule has 0 radical (unpaired) electrons. The maximum Gasteiger partial charge on any atom is 0.282 e. The Morgan fingerprint density at radius 1 is 1.62 bits per heavy atom. The van der Waals surface area contributed by atoms with Gasteiger partial charge in [-0.15, -0.1) is 0 Å². The minimum absolute atomic E-state index is 0.162. The highest BCUT2D eigenvalue weighted by Crippen LogP contribution is 2.18. The Balaban J connectivity index is 2.39. The SMILES string of the molecule is Nc1nc(O)c(N=Cc2ccoc2)c(=O)[nH]1. The van der Waals surface area contributed by atoms with Gasteiger partial charge in [0.25, 0.3) is 5.56 Å². The van der Waals surface area contributed by atoms with Crippen LogP contribution in [0.15, 0.2) is 32.8 Å². The van der Waals surface area contributed by atoms with E-state index in [0.717, 1.165) is 0 Å². The molecule has 0 aromatic carbocycles. The molecule has 2 heterocycles. The number of hydrogen-bond donors (Lipinski definition) is 3. The summed E-state index contributed by atoms with van der Waals surface area (Å²) in [6.45, 7) is 0. The van der Waals surface area contributed by atoms with Crippen LogP contribution in [0.4, 0.5) is 11.6 Å². The number of nitrogens with one attached hydrogen (secondary N) is 1. The fraction of sp³-hybridized carbons (Fsp3) is 0. The number of hydrogen-bond acceptors (Lipinski definition) is 6. The molecule has 7 heteroatoms. The lowest BCUT2D eigenvalue weighted by atomic mass is 10.4. The predicted octanol–water partition coefficient (Wildman–Crippen LogP) is 0.401. The van der Waals surface area contributed by atoms with Crippen molar-refractivity contribution in [2.75, 3.05) is 5.73 Å². The van der Waals surface area contributed by atoms with Gasteiger partial charge >= 0.3 is 0 Å². The lowest BCUT2D eigenvalue weighted by molar-refractivity contribution is 0.454. The molecule has 0 amide bonds. The highest BCUT2D eigenvalue weighted by molar-refractivity contribution is 5.81. The molecule has 0 fully saturated rings.